The Labute approximate surface area is 153 Å². The minimum atomic E-state index is -1.02. The molecule has 1 aromatic carbocycles. The molecule has 0 saturated heterocycles. The quantitative estimate of drug-likeness (QED) is 0.647. The van der Waals surface area contributed by atoms with Crippen LogP contribution in [-0.2, 0) is 16.6 Å². The SMILES string of the molecule is COc1cc2c3c4c1OC1(OC)CC4(CCC1O)CCC3[N+](C)([O-])CC2. The van der Waals surface area contributed by atoms with E-state index in [1.807, 2.05) is 6.07 Å². The van der Waals surface area contributed by atoms with Crippen LogP contribution in [0.2, 0.25) is 0 Å². The first kappa shape index (κ1) is 16.8. The standard InChI is InChI=1S/C20H27NO5/c1-21(23)9-6-12-10-14(24-2)18-17-16(12)13(21)4-7-19(17)8-5-15(22)20(11-19,25-3)26-18/h10,13,15,22H,4-9,11H2,1-3H3. The van der Waals surface area contributed by atoms with Crippen LogP contribution in [0.1, 0.15) is 54.8 Å². The fourth-order valence-electron chi connectivity index (χ4n) is 6.07. The zero-order valence-electron chi connectivity index (χ0n) is 15.7. The first-order valence-corrected chi connectivity index (χ1v) is 9.58. The van der Waals surface area contributed by atoms with E-state index in [4.69, 9.17) is 14.2 Å². The van der Waals surface area contributed by atoms with Gasteiger partial charge in [-0.3, -0.25) is 0 Å². The molecule has 0 aromatic heterocycles. The van der Waals surface area contributed by atoms with Crippen LogP contribution in [0.3, 0.4) is 0 Å². The molecule has 2 bridgehead atoms. The second-order valence-electron chi connectivity index (χ2n) is 8.69. The third kappa shape index (κ3) is 1.91. The average molecular weight is 361 g/mol. The monoisotopic (exact) mass is 361 g/mol. The first-order valence-electron chi connectivity index (χ1n) is 9.58. The van der Waals surface area contributed by atoms with E-state index in [0.717, 1.165) is 25.7 Å². The Morgan fingerprint density at radius 1 is 1.31 bits per heavy atom. The van der Waals surface area contributed by atoms with Gasteiger partial charge in [0.05, 0.1) is 20.7 Å². The maximum Gasteiger partial charge on any atom is 0.237 e. The van der Waals surface area contributed by atoms with Crippen molar-refractivity contribution in [3.8, 4) is 11.5 Å². The van der Waals surface area contributed by atoms with Crippen LogP contribution >= 0.6 is 0 Å². The molecule has 26 heavy (non-hydrogen) atoms. The molecule has 6 heteroatoms. The Morgan fingerprint density at radius 3 is 2.81 bits per heavy atom. The van der Waals surface area contributed by atoms with Crippen molar-refractivity contribution in [1.29, 1.82) is 0 Å². The summed E-state index contributed by atoms with van der Waals surface area (Å²) in [4.78, 5) is 0. The van der Waals surface area contributed by atoms with Gasteiger partial charge in [0.2, 0.25) is 5.79 Å². The minimum Gasteiger partial charge on any atom is -0.633 e. The predicted octanol–water partition coefficient (Wildman–Crippen LogP) is 2.55. The number of aliphatic hydroxyl groups is 1. The minimum absolute atomic E-state index is 0.0328. The van der Waals surface area contributed by atoms with Gasteiger partial charge in [-0.15, -0.1) is 0 Å². The lowest BCUT2D eigenvalue weighted by Crippen LogP contribution is -2.62. The van der Waals surface area contributed by atoms with Gasteiger partial charge in [-0.1, -0.05) is 0 Å². The number of hydrogen-bond donors (Lipinski definition) is 1. The molecule has 0 radical (unpaired) electrons. The molecular formula is C20H27NO5. The topological polar surface area (TPSA) is 71.0 Å². The number of ether oxygens (including phenoxy) is 3. The molecule has 1 fully saturated rings. The molecule has 1 spiro atoms. The highest BCUT2D eigenvalue weighted by atomic mass is 16.7. The van der Waals surface area contributed by atoms with Gasteiger partial charge in [0.1, 0.15) is 12.1 Å². The van der Waals surface area contributed by atoms with Crippen molar-refractivity contribution in [3.63, 3.8) is 0 Å². The zero-order chi connectivity index (χ0) is 18.3. The molecule has 0 amide bonds. The Bertz CT molecular complexity index is 778. The van der Waals surface area contributed by atoms with E-state index in [1.165, 1.54) is 16.7 Å². The second-order valence-corrected chi connectivity index (χ2v) is 8.69. The molecule has 4 aliphatic rings. The van der Waals surface area contributed by atoms with Crippen molar-refractivity contribution in [1.82, 2.24) is 0 Å². The maximum atomic E-state index is 13.2. The van der Waals surface area contributed by atoms with Crippen molar-refractivity contribution in [3.05, 3.63) is 28.0 Å². The Kier molecular flexibility index (Phi) is 3.32. The summed E-state index contributed by atoms with van der Waals surface area (Å²) >= 11 is 0. The highest BCUT2D eigenvalue weighted by molar-refractivity contribution is 5.62. The lowest BCUT2D eigenvalue weighted by molar-refractivity contribution is -0.895. The summed E-state index contributed by atoms with van der Waals surface area (Å²) in [6, 6.07) is 2.00. The number of methoxy groups -OCH3 is 2. The van der Waals surface area contributed by atoms with E-state index in [-0.39, 0.29) is 16.1 Å². The smallest absolute Gasteiger partial charge is 0.237 e. The van der Waals surface area contributed by atoms with E-state index in [9.17, 15) is 10.3 Å². The van der Waals surface area contributed by atoms with Crippen LogP contribution in [0.5, 0.6) is 11.5 Å². The molecule has 1 saturated carbocycles. The number of fused-ring (bicyclic) bond motifs is 1. The van der Waals surface area contributed by atoms with Gasteiger partial charge in [0, 0.05) is 42.9 Å². The molecule has 6 nitrogen and oxygen atoms in total. The van der Waals surface area contributed by atoms with Crippen LogP contribution in [-0.4, -0.2) is 49.5 Å². The zero-order valence-corrected chi connectivity index (χ0v) is 15.7. The van der Waals surface area contributed by atoms with Crippen molar-refractivity contribution >= 4 is 0 Å². The molecule has 2 aliphatic carbocycles. The number of quaternary nitrogens is 1. The summed E-state index contributed by atoms with van der Waals surface area (Å²) in [5.41, 5.74) is 3.49. The number of rotatable bonds is 2. The molecule has 5 rings (SSSR count). The van der Waals surface area contributed by atoms with Crippen LogP contribution in [0, 0.1) is 5.21 Å². The third-order valence-corrected chi connectivity index (χ3v) is 7.44. The first-order chi connectivity index (χ1) is 12.4. The number of hydrogen-bond acceptors (Lipinski definition) is 5. The van der Waals surface area contributed by atoms with Gasteiger partial charge >= 0.3 is 0 Å². The van der Waals surface area contributed by atoms with Crippen molar-refractivity contribution in [2.45, 2.75) is 61.9 Å². The molecule has 5 unspecified atom stereocenters. The second kappa shape index (κ2) is 5.13. The summed E-state index contributed by atoms with van der Waals surface area (Å²) in [5.74, 6) is 0.356. The van der Waals surface area contributed by atoms with Crippen LogP contribution in [0.4, 0.5) is 0 Å². The maximum absolute atomic E-state index is 13.2. The van der Waals surface area contributed by atoms with Gasteiger partial charge in [-0.25, -0.2) is 0 Å². The molecule has 5 atom stereocenters. The van der Waals surface area contributed by atoms with Gasteiger partial charge in [0.15, 0.2) is 11.5 Å². The highest BCUT2D eigenvalue weighted by Crippen LogP contribution is 2.64. The summed E-state index contributed by atoms with van der Waals surface area (Å²) in [7, 11) is 5.06. The number of hydroxylamine groups is 3. The fraction of sp³-hybridized carbons (Fsp3) is 0.700. The van der Waals surface area contributed by atoms with Crippen LogP contribution < -0.4 is 9.47 Å². The van der Waals surface area contributed by atoms with E-state index in [0.29, 0.717) is 30.9 Å². The van der Waals surface area contributed by atoms with Gasteiger partial charge < -0.3 is 29.2 Å². The molecule has 1 N–H and O–H groups in total. The summed E-state index contributed by atoms with van der Waals surface area (Å²) in [6.45, 7) is 0.605. The molecule has 142 valence electrons. The Hall–Kier alpha value is -1.34. The van der Waals surface area contributed by atoms with E-state index in [1.54, 1.807) is 21.3 Å². The lowest BCUT2D eigenvalue weighted by atomic mass is 9.57. The Morgan fingerprint density at radius 2 is 2.08 bits per heavy atom. The normalized spacial score (nSPS) is 42.7. The van der Waals surface area contributed by atoms with E-state index < -0.39 is 11.9 Å². The largest absolute Gasteiger partial charge is 0.633 e. The molecule has 2 heterocycles. The Balaban J connectivity index is 1.81. The number of likely N-dealkylation sites (N-methyl/N-ethyl adjacent to an activating group) is 1. The van der Waals surface area contributed by atoms with Crippen molar-refractivity contribution in [2.75, 3.05) is 27.8 Å². The summed E-state index contributed by atoms with van der Waals surface area (Å²) < 4.78 is 17.6. The van der Waals surface area contributed by atoms with Crippen LogP contribution in [0.25, 0.3) is 0 Å². The van der Waals surface area contributed by atoms with Crippen molar-refractivity contribution < 1.29 is 24.0 Å². The number of nitrogens with zero attached hydrogens (tertiary/aromatic N) is 1. The third-order valence-electron chi connectivity index (χ3n) is 7.44. The average Bonchev–Trinajstić information content (AvgIpc) is 2.63. The molecular weight excluding hydrogens is 334 g/mol. The van der Waals surface area contributed by atoms with Gasteiger partial charge in [0.25, 0.3) is 0 Å². The molecule has 2 aliphatic heterocycles. The van der Waals surface area contributed by atoms with E-state index in [2.05, 4.69) is 0 Å². The fourth-order valence-corrected chi connectivity index (χ4v) is 6.07. The number of benzene rings is 1. The number of aliphatic hydroxyl groups excluding tert-OH is 1. The van der Waals surface area contributed by atoms with E-state index >= 15 is 0 Å². The summed E-state index contributed by atoms with van der Waals surface area (Å²) in [5, 5.41) is 23.8. The van der Waals surface area contributed by atoms with Crippen LogP contribution in [0.15, 0.2) is 6.07 Å². The summed E-state index contributed by atoms with van der Waals surface area (Å²) in [6.07, 6.45) is 4.09. The van der Waals surface area contributed by atoms with Crippen molar-refractivity contribution in [2.24, 2.45) is 0 Å². The predicted molar refractivity (Wildman–Crippen MR) is 95.0 cm³/mol. The lowest BCUT2D eigenvalue weighted by Gasteiger charge is -2.60. The van der Waals surface area contributed by atoms with Gasteiger partial charge in [-0.05, 0) is 30.9 Å². The highest BCUT2D eigenvalue weighted by Gasteiger charge is 2.61. The van der Waals surface area contributed by atoms with Gasteiger partial charge in [-0.2, -0.15) is 0 Å². The molecule has 1 aromatic rings.